The number of hydrogen-bond acceptors (Lipinski definition) is 3. The first-order chi connectivity index (χ1) is 7.97. The summed E-state index contributed by atoms with van der Waals surface area (Å²) >= 11 is 5.98. The van der Waals surface area contributed by atoms with Crippen molar-refractivity contribution >= 4 is 21.6 Å². The molecule has 0 aliphatic heterocycles. The molecule has 1 fully saturated rings. The minimum absolute atomic E-state index is 0.121. The zero-order valence-electron chi connectivity index (χ0n) is 9.61. The van der Waals surface area contributed by atoms with E-state index in [0.717, 1.165) is 19.3 Å². The van der Waals surface area contributed by atoms with Gasteiger partial charge < -0.3 is 4.98 Å². The molecule has 17 heavy (non-hydrogen) atoms. The fourth-order valence-corrected chi connectivity index (χ4v) is 3.50. The van der Waals surface area contributed by atoms with E-state index in [2.05, 4.69) is 14.7 Å². The summed E-state index contributed by atoms with van der Waals surface area (Å²) in [7, 11) is -3.46. The number of aromatic amines is 1. The average molecular weight is 278 g/mol. The van der Waals surface area contributed by atoms with Gasteiger partial charge in [0.2, 0.25) is 0 Å². The van der Waals surface area contributed by atoms with Gasteiger partial charge in [-0.25, -0.2) is 18.1 Å². The predicted octanol–water partition coefficient (Wildman–Crippen LogP) is 1.40. The highest BCUT2D eigenvalue weighted by molar-refractivity contribution is 7.89. The van der Waals surface area contributed by atoms with Crippen LogP contribution in [0.4, 0.5) is 0 Å². The van der Waals surface area contributed by atoms with E-state index in [1.165, 1.54) is 6.20 Å². The smallest absolute Gasteiger partial charge is 0.257 e. The van der Waals surface area contributed by atoms with Crippen LogP contribution in [0.2, 0.25) is 0 Å². The molecule has 96 valence electrons. The minimum Gasteiger partial charge on any atom is -0.332 e. The second kappa shape index (κ2) is 4.96. The molecular weight excluding hydrogens is 262 g/mol. The van der Waals surface area contributed by atoms with Crippen LogP contribution in [0.15, 0.2) is 11.2 Å². The molecule has 1 saturated carbocycles. The fraction of sp³-hybridized carbons (Fsp3) is 0.700. The maximum Gasteiger partial charge on any atom is 0.257 e. The van der Waals surface area contributed by atoms with Gasteiger partial charge in [0.1, 0.15) is 5.82 Å². The molecule has 2 atom stereocenters. The summed E-state index contributed by atoms with van der Waals surface area (Å²) in [5, 5.41) is 0.314. The van der Waals surface area contributed by atoms with Crippen molar-refractivity contribution in [3.63, 3.8) is 0 Å². The number of aryl methyl sites for hydroxylation is 1. The Hall–Kier alpha value is -0.590. The van der Waals surface area contributed by atoms with E-state index >= 15 is 0 Å². The fourth-order valence-electron chi connectivity index (χ4n) is 2.04. The second-order valence-corrected chi connectivity index (χ2v) is 6.81. The third kappa shape index (κ3) is 3.20. The zero-order chi connectivity index (χ0) is 12.5. The van der Waals surface area contributed by atoms with Crippen molar-refractivity contribution in [2.45, 2.75) is 36.6 Å². The zero-order valence-corrected chi connectivity index (χ0v) is 11.2. The number of nitrogens with one attached hydrogen (secondary N) is 2. The summed E-state index contributed by atoms with van der Waals surface area (Å²) in [6.45, 7) is 2.16. The van der Waals surface area contributed by atoms with Gasteiger partial charge in [-0.2, -0.15) is 0 Å². The molecule has 5 nitrogen and oxygen atoms in total. The molecule has 1 heterocycles. The van der Waals surface area contributed by atoms with Crippen LogP contribution < -0.4 is 4.72 Å². The number of H-pyrrole nitrogens is 1. The Kier molecular flexibility index (Phi) is 3.75. The van der Waals surface area contributed by atoms with Crippen molar-refractivity contribution in [3.05, 3.63) is 12.0 Å². The molecule has 1 aliphatic rings. The van der Waals surface area contributed by atoms with Gasteiger partial charge in [0, 0.05) is 11.9 Å². The van der Waals surface area contributed by atoms with Gasteiger partial charge in [0.05, 0.1) is 6.20 Å². The van der Waals surface area contributed by atoms with Crippen LogP contribution in [0.3, 0.4) is 0 Å². The van der Waals surface area contributed by atoms with Gasteiger partial charge in [-0.05, 0) is 32.1 Å². The monoisotopic (exact) mass is 277 g/mol. The summed E-state index contributed by atoms with van der Waals surface area (Å²) in [6, 6.07) is 0. The molecule has 0 aromatic carbocycles. The topological polar surface area (TPSA) is 74.8 Å². The Morgan fingerprint density at radius 3 is 2.88 bits per heavy atom. The Morgan fingerprint density at radius 2 is 2.35 bits per heavy atom. The molecule has 0 radical (unpaired) electrons. The number of sulfonamides is 1. The maximum absolute atomic E-state index is 11.9. The molecule has 2 unspecified atom stereocenters. The summed E-state index contributed by atoms with van der Waals surface area (Å²) in [5.41, 5.74) is 0. The maximum atomic E-state index is 11.9. The standard InChI is InChI=1S/C10H16ClN3O2S/c1-7-12-6-10(14-7)17(15,16)13-5-8-2-3-9(11)4-8/h6,8-9,13H,2-5H2,1H3,(H,12,14). The van der Waals surface area contributed by atoms with Crippen molar-refractivity contribution in [1.29, 1.82) is 0 Å². The van der Waals surface area contributed by atoms with Crippen molar-refractivity contribution in [2.24, 2.45) is 5.92 Å². The van der Waals surface area contributed by atoms with Crippen LogP contribution in [-0.4, -0.2) is 30.3 Å². The number of halogens is 1. The highest BCUT2D eigenvalue weighted by atomic mass is 35.5. The summed E-state index contributed by atoms with van der Waals surface area (Å²) in [6.07, 6.45) is 4.17. The second-order valence-electron chi connectivity index (χ2n) is 4.46. The molecule has 1 aromatic rings. The lowest BCUT2D eigenvalue weighted by molar-refractivity contribution is 0.518. The van der Waals surface area contributed by atoms with Crippen LogP contribution in [0, 0.1) is 12.8 Å². The molecule has 1 aliphatic carbocycles. The molecule has 0 amide bonds. The Balaban J connectivity index is 1.94. The first-order valence-electron chi connectivity index (χ1n) is 5.63. The lowest BCUT2D eigenvalue weighted by atomic mass is 10.1. The lowest BCUT2D eigenvalue weighted by Crippen LogP contribution is -2.29. The Morgan fingerprint density at radius 1 is 1.59 bits per heavy atom. The molecular formula is C10H16ClN3O2S. The molecule has 1 aromatic heterocycles. The van der Waals surface area contributed by atoms with Crippen LogP contribution in [-0.2, 0) is 10.0 Å². The molecule has 2 N–H and O–H groups in total. The van der Waals surface area contributed by atoms with Gasteiger partial charge >= 0.3 is 0 Å². The summed E-state index contributed by atoms with van der Waals surface area (Å²) < 4.78 is 26.3. The number of rotatable bonds is 4. The Bertz CT molecular complexity index is 485. The highest BCUT2D eigenvalue weighted by Crippen LogP contribution is 2.28. The quantitative estimate of drug-likeness (QED) is 0.817. The molecule has 2 rings (SSSR count). The Labute approximate surface area is 106 Å². The summed E-state index contributed by atoms with van der Waals surface area (Å²) in [4.78, 5) is 6.59. The van der Waals surface area contributed by atoms with Crippen molar-refractivity contribution in [2.75, 3.05) is 6.54 Å². The molecule has 0 saturated heterocycles. The summed E-state index contributed by atoms with van der Waals surface area (Å²) in [5.74, 6) is 0.934. The van der Waals surface area contributed by atoms with E-state index < -0.39 is 10.0 Å². The largest absolute Gasteiger partial charge is 0.332 e. The van der Waals surface area contributed by atoms with Gasteiger partial charge in [0.25, 0.3) is 10.0 Å². The first-order valence-corrected chi connectivity index (χ1v) is 7.54. The van der Waals surface area contributed by atoms with E-state index in [4.69, 9.17) is 11.6 Å². The lowest BCUT2D eigenvalue weighted by Gasteiger charge is -2.10. The number of aromatic nitrogens is 2. The number of nitrogens with zero attached hydrogens (tertiary/aromatic N) is 1. The molecule has 7 heteroatoms. The SMILES string of the molecule is Cc1ncc(S(=O)(=O)NCC2CCC(Cl)C2)[nH]1. The van der Waals surface area contributed by atoms with Crippen LogP contribution >= 0.6 is 11.6 Å². The van der Waals surface area contributed by atoms with Crippen molar-refractivity contribution < 1.29 is 8.42 Å². The van der Waals surface area contributed by atoms with E-state index in [1.807, 2.05) is 0 Å². The van der Waals surface area contributed by atoms with Gasteiger partial charge in [-0.1, -0.05) is 0 Å². The van der Waals surface area contributed by atoms with Gasteiger partial charge in [0.15, 0.2) is 5.03 Å². The highest BCUT2D eigenvalue weighted by Gasteiger charge is 2.25. The van der Waals surface area contributed by atoms with E-state index in [1.54, 1.807) is 6.92 Å². The third-order valence-corrected chi connectivity index (χ3v) is 4.74. The predicted molar refractivity (Wildman–Crippen MR) is 65.5 cm³/mol. The van der Waals surface area contributed by atoms with Gasteiger partial charge in [-0.15, -0.1) is 11.6 Å². The average Bonchev–Trinajstić information content (AvgIpc) is 2.85. The van der Waals surface area contributed by atoms with Crippen molar-refractivity contribution in [1.82, 2.24) is 14.7 Å². The normalized spacial score (nSPS) is 25.3. The number of hydrogen-bond donors (Lipinski definition) is 2. The minimum atomic E-state index is -3.46. The molecule has 0 spiro atoms. The van der Waals surface area contributed by atoms with E-state index in [-0.39, 0.29) is 10.4 Å². The van der Waals surface area contributed by atoms with Gasteiger partial charge in [-0.3, -0.25) is 0 Å². The van der Waals surface area contributed by atoms with Crippen LogP contribution in [0.1, 0.15) is 25.1 Å². The third-order valence-electron chi connectivity index (χ3n) is 3.01. The number of imidazole rings is 1. The van der Waals surface area contributed by atoms with E-state index in [9.17, 15) is 8.42 Å². The first kappa shape index (κ1) is 12.9. The number of alkyl halides is 1. The van der Waals surface area contributed by atoms with Crippen LogP contribution in [0.5, 0.6) is 0 Å². The van der Waals surface area contributed by atoms with Crippen molar-refractivity contribution in [3.8, 4) is 0 Å². The molecule has 0 bridgehead atoms. The van der Waals surface area contributed by atoms with E-state index in [0.29, 0.717) is 18.3 Å². The van der Waals surface area contributed by atoms with Crippen LogP contribution in [0.25, 0.3) is 0 Å².